The van der Waals surface area contributed by atoms with Gasteiger partial charge in [0.25, 0.3) is 5.91 Å². The maximum atomic E-state index is 12.4. The number of carbonyl (C=O) groups excluding carboxylic acids is 1. The SMILES string of the molecule is CC[C@@H](NC(=O)c1ccccc1Cl)c1ccc(C)cc1C. The molecule has 0 aliphatic heterocycles. The van der Waals surface area contributed by atoms with Gasteiger partial charge in [-0.15, -0.1) is 0 Å². The number of rotatable bonds is 4. The summed E-state index contributed by atoms with van der Waals surface area (Å²) >= 11 is 6.08. The third-order valence-corrected chi connectivity index (χ3v) is 3.96. The van der Waals surface area contributed by atoms with Crippen LogP contribution in [0, 0.1) is 13.8 Å². The summed E-state index contributed by atoms with van der Waals surface area (Å²) in [6.07, 6.45) is 0.833. The zero-order valence-corrected chi connectivity index (χ0v) is 13.4. The summed E-state index contributed by atoms with van der Waals surface area (Å²) in [6.45, 7) is 6.21. The van der Waals surface area contributed by atoms with Crippen molar-refractivity contribution in [3.63, 3.8) is 0 Å². The van der Waals surface area contributed by atoms with Crippen LogP contribution in [-0.4, -0.2) is 5.91 Å². The molecular formula is C18H20ClNO. The zero-order valence-electron chi connectivity index (χ0n) is 12.6. The number of halogens is 1. The number of nitrogens with one attached hydrogen (secondary N) is 1. The Hall–Kier alpha value is -1.80. The first-order chi connectivity index (χ1) is 10.0. The highest BCUT2D eigenvalue weighted by atomic mass is 35.5. The van der Waals surface area contributed by atoms with E-state index in [1.54, 1.807) is 12.1 Å². The minimum absolute atomic E-state index is 0.00521. The summed E-state index contributed by atoms with van der Waals surface area (Å²) < 4.78 is 0. The monoisotopic (exact) mass is 301 g/mol. The van der Waals surface area contributed by atoms with Gasteiger partial charge in [-0.2, -0.15) is 0 Å². The van der Waals surface area contributed by atoms with E-state index in [2.05, 4.69) is 44.3 Å². The fraction of sp³-hybridized carbons (Fsp3) is 0.278. The third-order valence-electron chi connectivity index (χ3n) is 3.63. The van der Waals surface area contributed by atoms with E-state index in [0.29, 0.717) is 10.6 Å². The van der Waals surface area contributed by atoms with Crippen LogP contribution in [0.3, 0.4) is 0 Å². The second-order valence-electron chi connectivity index (χ2n) is 5.27. The Labute approximate surface area is 131 Å². The van der Waals surface area contributed by atoms with Crippen molar-refractivity contribution in [2.45, 2.75) is 33.2 Å². The maximum Gasteiger partial charge on any atom is 0.253 e. The first kappa shape index (κ1) is 15.6. The molecule has 0 spiro atoms. The largest absolute Gasteiger partial charge is 0.345 e. The number of hydrogen-bond donors (Lipinski definition) is 1. The molecule has 21 heavy (non-hydrogen) atoms. The normalized spacial score (nSPS) is 12.0. The van der Waals surface area contributed by atoms with Crippen molar-refractivity contribution in [1.82, 2.24) is 5.32 Å². The van der Waals surface area contributed by atoms with Gasteiger partial charge in [0, 0.05) is 0 Å². The lowest BCUT2D eigenvalue weighted by Crippen LogP contribution is -2.28. The average Bonchev–Trinajstić information content (AvgIpc) is 2.45. The van der Waals surface area contributed by atoms with Crippen LogP contribution in [0.2, 0.25) is 5.02 Å². The Bertz CT molecular complexity index is 651. The van der Waals surface area contributed by atoms with Gasteiger partial charge in [-0.25, -0.2) is 0 Å². The molecule has 2 aromatic rings. The highest BCUT2D eigenvalue weighted by Crippen LogP contribution is 2.23. The average molecular weight is 302 g/mol. The molecule has 0 unspecified atom stereocenters. The van der Waals surface area contributed by atoms with E-state index in [9.17, 15) is 4.79 Å². The molecule has 0 saturated heterocycles. The molecule has 0 heterocycles. The van der Waals surface area contributed by atoms with Gasteiger partial charge in [0.2, 0.25) is 0 Å². The Morgan fingerprint density at radius 3 is 2.52 bits per heavy atom. The van der Waals surface area contributed by atoms with Crippen molar-refractivity contribution in [2.75, 3.05) is 0 Å². The van der Waals surface area contributed by atoms with Crippen LogP contribution in [0.5, 0.6) is 0 Å². The van der Waals surface area contributed by atoms with Crippen LogP contribution >= 0.6 is 11.6 Å². The van der Waals surface area contributed by atoms with Crippen LogP contribution in [0.4, 0.5) is 0 Å². The van der Waals surface area contributed by atoms with Crippen molar-refractivity contribution in [3.8, 4) is 0 Å². The van der Waals surface area contributed by atoms with Crippen LogP contribution in [0.1, 0.15) is 46.4 Å². The van der Waals surface area contributed by atoms with Gasteiger partial charge >= 0.3 is 0 Å². The van der Waals surface area contributed by atoms with Crippen molar-refractivity contribution in [3.05, 3.63) is 69.7 Å². The van der Waals surface area contributed by atoms with Gasteiger partial charge in [0.1, 0.15) is 0 Å². The number of benzene rings is 2. The fourth-order valence-electron chi connectivity index (χ4n) is 2.50. The summed E-state index contributed by atoms with van der Waals surface area (Å²) in [4.78, 5) is 12.4. The standard InChI is InChI=1S/C18H20ClNO/c1-4-17(14-10-9-12(2)11-13(14)3)20-18(21)15-7-5-6-8-16(15)19/h5-11,17H,4H2,1-3H3,(H,20,21)/t17-/m1/s1. The van der Waals surface area contributed by atoms with Gasteiger partial charge in [0.05, 0.1) is 16.6 Å². The van der Waals surface area contributed by atoms with Gasteiger partial charge in [0.15, 0.2) is 0 Å². The predicted molar refractivity (Wildman–Crippen MR) is 87.9 cm³/mol. The molecule has 110 valence electrons. The van der Waals surface area contributed by atoms with Gasteiger partial charge in [-0.05, 0) is 43.5 Å². The summed E-state index contributed by atoms with van der Waals surface area (Å²) in [5.41, 5.74) is 4.09. The van der Waals surface area contributed by atoms with E-state index in [1.807, 2.05) is 12.1 Å². The summed E-state index contributed by atoms with van der Waals surface area (Å²) in [5.74, 6) is -0.132. The lowest BCUT2D eigenvalue weighted by Gasteiger charge is -2.20. The molecule has 1 atom stereocenters. The molecule has 0 fully saturated rings. The summed E-state index contributed by atoms with van der Waals surface area (Å²) in [6, 6.07) is 13.4. The quantitative estimate of drug-likeness (QED) is 0.860. The maximum absolute atomic E-state index is 12.4. The first-order valence-corrected chi connectivity index (χ1v) is 7.53. The van der Waals surface area contributed by atoms with Crippen LogP contribution < -0.4 is 5.32 Å². The number of amides is 1. The van der Waals surface area contributed by atoms with Crippen molar-refractivity contribution < 1.29 is 4.79 Å². The summed E-state index contributed by atoms with van der Waals surface area (Å²) in [7, 11) is 0. The molecule has 1 amide bonds. The minimum Gasteiger partial charge on any atom is -0.345 e. The predicted octanol–water partition coefficient (Wildman–Crippen LogP) is 4.84. The lowest BCUT2D eigenvalue weighted by molar-refractivity contribution is 0.0935. The van der Waals surface area contributed by atoms with E-state index in [4.69, 9.17) is 11.6 Å². The van der Waals surface area contributed by atoms with Gasteiger partial charge < -0.3 is 5.32 Å². The minimum atomic E-state index is -0.132. The molecule has 2 nitrogen and oxygen atoms in total. The third kappa shape index (κ3) is 3.64. The first-order valence-electron chi connectivity index (χ1n) is 7.15. The van der Waals surface area contributed by atoms with Crippen LogP contribution in [0.25, 0.3) is 0 Å². The van der Waals surface area contributed by atoms with Crippen LogP contribution in [0.15, 0.2) is 42.5 Å². The molecule has 2 aromatic carbocycles. The van der Waals surface area contributed by atoms with E-state index in [0.717, 1.165) is 12.0 Å². The van der Waals surface area contributed by atoms with Gasteiger partial charge in [-0.3, -0.25) is 4.79 Å². The molecule has 0 radical (unpaired) electrons. The molecule has 0 aliphatic rings. The molecule has 1 N–H and O–H groups in total. The Kier molecular flexibility index (Phi) is 5.03. The van der Waals surface area contributed by atoms with E-state index >= 15 is 0 Å². The molecule has 0 aromatic heterocycles. The molecule has 0 bridgehead atoms. The van der Waals surface area contributed by atoms with Crippen LogP contribution in [-0.2, 0) is 0 Å². The second kappa shape index (κ2) is 6.77. The van der Waals surface area contributed by atoms with Crippen molar-refractivity contribution in [2.24, 2.45) is 0 Å². The van der Waals surface area contributed by atoms with E-state index in [-0.39, 0.29) is 11.9 Å². The highest BCUT2D eigenvalue weighted by molar-refractivity contribution is 6.33. The Morgan fingerprint density at radius 2 is 1.90 bits per heavy atom. The van der Waals surface area contributed by atoms with E-state index < -0.39 is 0 Å². The molecule has 0 saturated carbocycles. The molecule has 3 heteroatoms. The van der Waals surface area contributed by atoms with E-state index in [1.165, 1.54) is 11.1 Å². The topological polar surface area (TPSA) is 29.1 Å². The van der Waals surface area contributed by atoms with Gasteiger partial charge in [-0.1, -0.05) is 54.4 Å². The smallest absolute Gasteiger partial charge is 0.253 e. The molecular weight excluding hydrogens is 282 g/mol. The second-order valence-corrected chi connectivity index (χ2v) is 5.68. The number of aryl methyl sites for hydroxylation is 2. The summed E-state index contributed by atoms with van der Waals surface area (Å²) in [5, 5.41) is 3.55. The van der Waals surface area contributed by atoms with Crippen molar-refractivity contribution >= 4 is 17.5 Å². The number of carbonyl (C=O) groups is 1. The Morgan fingerprint density at radius 1 is 1.19 bits per heavy atom. The Balaban J connectivity index is 2.23. The van der Waals surface area contributed by atoms with Crippen molar-refractivity contribution in [1.29, 1.82) is 0 Å². The number of hydrogen-bond acceptors (Lipinski definition) is 1. The fourth-order valence-corrected chi connectivity index (χ4v) is 2.72. The highest BCUT2D eigenvalue weighted by Gasteiger charge is 2.17. The molecule has 2 rings (SSSR count). The lowest BCUT2D eigenvalue weighted by atomic mass is 9.97. The molecule has 0 aliphatic carbocycles. The zero-order chi connectivity index (χ0) is 15.4.